The maximum Gasteiger partial charge on any atom is 0.239 e. The molecule has 2 aromatic rings. The van der Waals surface area contributed by atoms with Gasteiger partial charge in [-0.3, -0.25) is 0 Å². The zero-order chi connectivity index (χ0) is 24.3. The van der Waals surface area contributed by atoms with Crippen LogP contribution in [0.4, 0.5) is 0 Å². The molecule has 34 heavy (non-hydrogen) atoms. The van der Waals surface area contributed by atoms with E-state index in [4.69, 9.17) is 14.6 Å². The average molecular weight is 487 g/mol. The van der Waals surface area contributed by atoms with Gasteiger partial charge >= 0.3 is 0 Å². The second-order valence-corrected chi connectivity index (χ2v) is 12.7. The third-order valence-corrected chi connectivity index (χ3v) is 9.61. The molecule has 1 aromatic carbocycles. The van der Waals surface area contributed by atoms with E-state index in [9.17, 15) is 8.42 Å². The van der Waals surface area contributed by atoms with Crippen molar-refractivity contribution in [1.82, 2.24) is 4.57 Å². The zero-order valence-corrected chi connectivity index (χ0v) is 21.8. The molecule has 2 saturated carbocycles. The first kappa shape index (κ1) is 23.9. The number of hydrogen-bond acceptors (Lipinski definition) is 4. The molecule has 7 heteroatoms. The predicted octanol–water partition coefficient (Wildman–Crippen LogP) is 5.39. The maximum atomic E-state index is 12.5. The number of sulfonamides is 1. The summed E-state index contributed by atoms with van der Waals surface area (Å²) >= 11 is 0. The molecule has 1 aromatic heterocycles. The Morgan fingerprint density at radius 2 is 1.85 bits per heavy atom. The summed E-state index contributed by atoms with van der Waals surface area (Å²) in [6.45, 7) is 7.55. The summed E-state index contributed by atoms with van der Waals surface area (Å²) < 4.78 is 39.3. The van der Waals surface area contributed by atoms with Crippen molar-refractivity contribution in [1.29, 1.82) is 0 Å². The fourth-order valence-electron chi connectivity index (χ4n) is 6.05. The summed E-state index contributed by atoms with van der Waals surface area (Å²) in [6.07, 6.45) is 9.52. The van der Waals surface area contributed by atoms with Crippen LogP contribution in [-0.4, -0.2) is 26.7 Å². The van der Waals surface area contributed by atoms with Crippen LogP contribution in [0.3, 0.4) is 0 Å². The first-order chi connectivity index (χ1) is 16.1. The molecule has 2 heterocycles. The van der Waals surface area contributed by atoms with Gasteiger partial charge in [-0.1, -0.05) is 19.3 Å². The van der Waals surface area contributed by atoms with Crippen molar-refractivity contribution in [2.45, 2.75) is 94.6 Å². The van der Waals surface area contributed by atoms with E-state index in [2.05, 4.69) is 30.5 Å². The van der Waals surface area contributed by atoms with E-state index >= 15 is 0 Å². The van der Waals surface area contributed by atoms with E-state index in [1.165, 1.54) is 50.5 Å². The maximum absolute atomic E-state index is 12.5. The lowest BCUT2D eigenvalue weighted by Crippen LogP contribution is -2.27. The van der Waals surface area contributed by atoms with E-state index < -0.39 is 15.6 Å². The Morgan fingerprint density at radius 3 is 2.47 bits per heavy atom. The molecule has 6 nitrogen and oxygen atoms in total. The lowest BCUT2D eigenvalue weighted by Gasteiger charge is -2.34. The Kier molecular flexibility index (Phi) is 5.89. The highest BCUT2D eigenvalue weighted by molar-refractivity contribution is 7.89. The summed E-state index contributed by atoms with van der Waals surface area (Å²) in [6, 6.07) is 6.17. The lowest BCUT2D eigenvalue weighted by molar-refractivity contribution is 0.0161. The number of benzene rings is 1. The second kappa shape index (κ2) is 8.38. The highest BCUT2D eigenvalue weighted by Crippen LogP contribution is 2.58. The number of nitrogens with two attached hydrogens (primary N) is 1. The molecular weight excluding hydrogens is 448 g/mol. The Balaban J connectivity index is 1.71. The van der Waals surface area contributed by atoms with Crippen LogP contribution in [0.15, 0.2) is 23.1 Å². The molecule has 0 amide bonds. The van der Waals surface area contributed by atoms with Gasteiger partial charge in [0.1, 0.15) is 10.6 Å². The third kappa shape index (κ3) is 4.10. The highest BCUT2D eigenvalue weighted by Gasteiger charge is 2.49. The summed E-state index contributed by atoms with van der Waals surface area (Å²) in [4.78, 5) is 0.223. The Bertz CT molecular complexity index is 1200. The number of hydrogen-bond donors (Lipinski definition) is 1. The van der Waals surface area contributed by atoms with Crippen LogP contribution < -0.4 is 9.88 Å². The van der Waals surface area contributed by atoms with Gasteiger partial charge in [0.05, 0.1) is 12.2 Å². The number of aromatic nitrogens is 1. The minimum absolute atomic E-state index is 0.181. The zero-order valence-electron chi connectivity index (χ0n) is 20.9. The molecule has 2 fully saturated rings. The van der Waals surface area contributed by atoms with Crippen molar-refractivity contribution in [2.75, 3.05) is 13.7 Å². The number of ether oxygens (including phenoxy) is 2. The molecule has 3 aliphatic rings. The number of methoxy groups -OCH3 is 1. The Hall–Kier alpha value is -1.83. The van der Waals surface area contributed by atoms with Gasteiger partial charge in [-0.25, -0.2) is 13.6 Å². The van der Waals surface area contributed by atoms with Crippen molar-refractivity contribution in [3.8, 4) is 17.0 Å². The molecule has 2 N–H and O–H groups in total. The first-order valence-corrected chi connectivity index (χ1v) is 14.2. The van der Waals surface area contributed by atoms with Crippen LogP contribution in [-0.2, 0) is 32.3 Å². The van der Waals surface area contributed by atoms with Gasteiger partial charge in [0, 0.05) is 41.6 Å². The van der Waals surface area contributed by atoms with E-state index in [0.29, 0.717) is 5.92 Å². The lowest BCUT2D eigenvalue weighted by atomic mass is 9.83. The Morgan fingerprint density at radius 1 is 1.15 bits per heavy atom. The minimum Gasteiger partial charge on any atom is -0.493 e. The molecule has 2 aliphatic carbocycles. The molecule has 0 atom stereocenters. The summed E-state index contributed by atoms with van der Waals surface area (Å²) in [5, 5.41) is 5.65. The van der Waals surface area contributed by atoms with Gasteiger partial charge in [-0.15, -0.1) is 0 Å². The minimum atomic E-state index is -3.83. The molecular formula is C27H38N2O4S. The van der Waals surface area contributed by atoms with Crippen molar-refractivity contribution in [2.24, 2.45) is 11.1 Å². The average Bonchev–Trinajstić information content (AvgIpc) is 3.49. The van der Waals surface area contributed by atoms with E-state index in [1.54, 1.807) is 13.2 Å². The SMILES string of the molecule is COC(C)(C)c1cc(-c2cc(S(N)(=O)=O)c(C)n2CC2CCCCC2)cc2c1OCCC21CC1. The fraction of sp³-hybridized carbons (Fsp3) is 0.630. The number of rotatable bonds is 6. The monoisotopic (exact) mass is 486 g/mol. The fourth-order valence-corrected chi connectivity index (χ4v) is 6.85. The standard InChI is InChI=1S/C27H38N2O4S/c1-18-24(34(28,30)31)16-23(29(18)17-19-8-6-5-7-9-19)20-14-21(26(2,3)32-4)25-22(15-20)27(10-11-27)12-13-33-25/h14-16,19H,5-13,17H2,1-4H3,(H2,28,30,31). The number of fused-ring (bicyclic) bond motifs is 2. The molecule has 186 valence electrons. The van der Waals surface area contributed by atoms with Crippen molar-refractivity contribution in [3.05, 3.63) is 35.0 Å². The van der Waals surface area contributed by atoms with Gasteiger partial charge in [-0.2, -0.15) is 0 Å². The molecule has 1 spiro atoms. The molecule has 0 unspecified atom stereocenters. The smallest absolute Gasteiger partial charge is 0.239 e. The van der Waals surface area contributed by atoms with Gasteiger partial charge < -0.3 is 14.0 Å². The van der Waals surface area contributed by atoms with Crippen molar-refractivity contribution >= 4 is 10.0 Å². The van der Waals surface area contributed by atoms with E-state index in [1.807, 2.05) is 6.92 Å². The van der Waals surface area contributed by atoms with Crippen LogP contribution in [0.1, 0.15) is 82.0 Å². The molecule has 0 bridgehead atoms. The van der Waals surface area contributed by atoms with Crippen LogP contribution >= 0.6 is 0 Å². The molecule has 1 aliphatic heterocycles. The van der Waals surface area contributed by atoms with Gasteiger partial charge in [0.2, 0.25) is 10.0 Å². The molecule has 5 rings (SSSR count). The molecule has 0 radical (unpaired) electrons. The normalized spacial score (nSPS) is 20.3. The van der Waals surface area contributed by atoms with Crippen LogP contribution in [0.2, 0.25) is 0 Å². The largest absolute Gasteiger partial charge is 0.493 e. The summed E-state index contributed by atoms with van der Waals surface area (Å²) in [7, 11) is -2.10. The van der Waals surface area contributed by atoms with Crippen LogP contribution in [0.25, 0.3) is 11.3 Å². The van der Waals surface area contributed by atoms with E-state index in [-0.39, 0.29) is 10.3 Å². The van der Waals surface area contributed by atoms with Gasteiger partial charge in [0.25, 0.3) is 0 Å². The second-order valence-electron chi connectivity index (χ2n) is 11.1. The van der Waals surface area contributed by atoms with Gasteiger partial charge in [0.15, 0.2) is 0 Å². The summed E-state index contributed by atoms with van der Waals surface area (Å²) in [5.74, 6) is 1.51. The number of nitrogens with zero attached hydrogens (tertiary/aromatic N) is 1. The quantitative estimate of drug-likeness (QED) is 0.594. The molecule has 0 saturated heterocycles. The van der Waals surface area contributed by atoms with Crippen LogP contribution in [0.5, 0.6) is 5.75 Å². The number of primary sulfonamides is 1. The first-order valence-electron chi connectivity index (χ1n) is 12.7. The van der Waals surface area contributed by atoms with Crippen molar-refractivity contribution in [3.63, 3.8) is 0 Å². The topological polar surface area (TPSA) is 83.5 Å². The van der Waals surface area contributed by atoms with Crippen molar-refractivity contribution < 1.29 is 17.9 Å². The summed E-state index contributed by atoms with van der Waals surface area (Å²) in [5.41, 5.74) is 4.58. The van der Waals surface area contributed by atoms with Gasteiger partial charge in [-0.05, 0) is 82.6 Å². The van der Waals surface area contributed by atoms with Crippen LogP contribution in [0, 0.1) is 12.8 Å². The van der Waals surface area contributed by atoms with E-state index in [0.717, 1.165) is 47.8 Å². The highest BCUT2D eigenvalue weighted by atomic mass is 32.2. The third-order valence-electron chi connectivity index (χ3n) is 8.59. The predicted molar refractivity (Wildman–Crippen MR) is 134 cm³/mol. The Labute approximate surface area is 203 Å².